The van der Waals surface area contributed by atoms with Crippen LogP contribution in [0.5, 0.6) is 0 Å². The molecule has 0 bridgehead atoms. The Labute approximate surface area is 121 Å². The maximum Gasteiger partial charge on any atom is 0.284 e. The summed E-state index contributed by atoms with van der Waals surface area (Å²) >= 11 is 0. The number of benzene rings is 2. The predicted octanol–water partition coefficient (Wildman–Crippen LogP) is 4.12. The molecule has 104 valence electrons. The number of amides is 1. The molecule has 0 fully saturated rings. The van der Waals surface area contributed by atoms with E-state index in [2.05, 4.69) is 10.3 Å². The number of anilines is 1. The van der Waals surface area contributed by atoms with Gasteiger partial charge in [-0.2, -0.15) is 0 Å². The lowest BCUT2D eigenvalue weighted by molar-refractivity contribution is -0.114. The molecule has 0 unspecified atom stereocenters. The van der Waals surface area contributed by atoms with Crippen molar-refractivity contribution in [2.45, 2.75) is 0 Å². The van der Waals surface area contributed by atoms with E-state index in [9.17, 15) is 9.18 Å². The summed E-state index contributed by atoms with van der Waals surface area (Å²) in [6, 6.07) is 16.3. The zero-order chi connectivity index (χ0) is 14.7. The molecule has 0 aliphatic rings. The van der Waals surface area contributed by atoms with Crippen molar-refractivity contribution in [1.82, 2.24) is 4.98 Å². The second kappa shape index (κ2) is 5.63. The van der Waals surface area contributed by atoms with Crippen LogP contribution in [0.4, 0.5) is 10.1 Å². The summed E-state index contributed by atoms with van der Waals surface area (Å²) in [5.74, 6) is -1.59. The molecular weight excluding hydrogens is 267 g/mol. The lowest BCUT2D eigenvalue weighted by Crippen LogP contribution is -2.11. The van der Waals surface area contributed by atoms with E-state index in [-0.39, 0.29) is 0 Å². The second-order valence-electron chi connectivity index (χ2n) is 4.60. The van der Waals surface area contributed by atoms with Gasteiger partial charge in [0.05, 0.1) is 0 Å². The quantitative estimate of drug-likeness (QED) is 0.696. The van der Waals surface area contributed by atoms with Gasteiger partial charge in [0, 0.05) is 28.4 Å². The van der Waals surface area contributed by atoms with Crippen LogP contribution < -0.4 is 5.32 Å². The van der Waals surface area contributed by atoms with Crippen LogP contribution in [0.1, 0.15) is 5.56 Å². The molecule has 0 spiro atoms. The van der Waals surface area contributed by atoms with Crippen LogP contribution in [0.3, 0.4) is 0 Å². The first-order chi connectivity index (χ1) is 10.2. The monoisotopic (exact) mass is 280 g/mol. The first-order valence-electron chi connectivity index (χ1n) is 6.54. The molecule has 0 saturated heterocycles. The molecule has 1 aromatic heterocycles. The van der Waals surface area contributed by atoms with E-state index in [4.69, 9.17) is 0 Å². The van der Waals surface area contributed by atoms with Crippen LogP contribution in [-0.2, 0) is 4.79 Å². The third-order valence-corrected chi connectivity index (χ3v) is 3.15. The normalized spacial score (nSPS) is 11.6. The fourth-order valence-corrected chi connectivity index (χ4v) is 2.13. The Morgan fingerprint density at radius 1 is 1.05 bits per heavy atom. The van der Waals surface area contributed by atoms with Gasteiger partial charge in [0.25, 0.3) is 5.91 Å². The average molecular weight is 280 g/mol. The number of fused-ring (bicyclic) bond motifs is 1. The predicted molar refractivity (Wildman–Crippen MR) is 82.5 cm³/mol. The molecule has 21 heavy (non-hydrogen) atoms. The number of hydrogen-bond donors (Lipinski definition) is 2. The summed E-state index contributed by atoms with van der Waals surface area (Å²) in [6.45, 7) is 0. The van der Waals surface area contributed by atoms with E-state index >= 15 is 0 Å². The highest BCUT2D eigenvalue weighted by Gasteiger charge is 2.10. The fourth-order valence-electron chi connectivity index (χ4n) is 2.13. The van der Waals surface area contributed by atoms with Crippen molar-refractivity contribution in [3.8, 4) is 0 Å². The SMILES string of the molecule is O=C(Nc1ccccc1)/C(F)=C/c1c[nH]c2ccccc12. The molecule has 0 aliphatic heterocycles. The highest BCUT2D eigenvalue weighted by molar-refractivity contribution is 6.06. The number of hydrogen-bond acceptors (Lipinski definition) is 1. The van der Waals surface area contributed by atoms with E-state index in [1.54, 1.807) is 30.5 Å². The van der Waals surface area contributed by atoms with Crippen molar-refractivity contribution in [2.75, 3.05) is 5.32 Å². The molecule has 1 amide bonds. The van der Waals surface area contributed by atoms with Gasteiger partial charge >= 0.3 is 0 Å². The van der Waals surface area contributed by atoms with Crippen molar-refractivity contribution in [1.29, 1.82) is 0 Å². The Morgan fingerprint density at radius 3 is 2.57 bits per heavy atom. The highest BCUT2D eigenvalue weighted by Crippen LogP contribution is 2.21. The van der Waals surface area contributed by atoms with Gasteiger partial charge in [-0.3, -0.25) is 4.79 Å². The summed E-state index contributed by atoms with van der Waals surface area (Å²) in [7, 11) is 0. The van der Waals surface area contributed by atoms with Crippen LogP contribution in [0.25, 0.3) is 17.0 Å². The van der Waals surface area contributed by atoms with Crippen LogP contribution in [0, 0.1) is 0 Å². The first kappa shape index (κ1) is 13.1. The summed E-state index contributed by atoms with van der Waals surface area (Å²) in [5.41, 5.74) is 2.11. The topological polar surface area (TPSA) is 44.9 Å². The van der Waals surface area contributed by atoms with E-state index in [0.29, 0.717) is 11.3 Å². The molecule has 4 heteroatoms. The Kier molecular flexibility index (Phi) is 3.51. The van der Waals surface area contributed by atoms with Crippen LogP contribution in [0.15, 0.2) is 66.6 Å². The van der Waals surface area contributed by atoms with Crippen molar-refractivity contribution in [2.24, 2.45) is 0 Å². The van der Waals surface area contributed by atoms with E-state index in [1.807, 2.05) is 30.3 Å². The Hall–Kier alpha value is -2.88. The van der Waals surface area contributed by atoms with Gasteiger partial charge in [0.15, 0.2) is 5.83 Å². The van der Waals surface area contributed by atoms with Gasteiger partial charge in [-0.25, -0.2) is 4.39 Å². The zero-order valence-electron chi connectivity index (χ0n) is 11.1. The standard InChI is InChI=1S/C17H13FN2O/c18-15(17(21)20-13-6-2-1-3-7-13)10-12-11-19-16-9-5-4-8-14(12)16/h1-11,19H,(H,20,21)/b15-10-. The molecule has 2 N–H and O–H groups in total. The zero-order valence-corrected chi connectivity index (χ0v) is 11.1. The lowest BCUT2D eigenvalue weighted by atomic mass is 10.1. The van der Waals surface area contributed by atoms with Crippen LogP contribution in [-0.4, -0.2) is 10.9 Å². The summed E-state index contributed by atoms with van der Waals surface area (Å²) < 4.78 is 14.0. The van der Waals surface area contributed by atoms with Crippen molar-refractivity contribution < 1.29 is 9.18 Å². The van der Waals surface area contributed by atoms with Gasteiger partial charge in [-0.15, -0.1) is 0 Å². The summed E-state index contributed by atoms with van der Waals surface area (Å²) in [4.78, 5) is 14.8. The number of H-pyrrole nitrogens is 1. The maximum absolute atomic E-state index is 14.0. The third kappa shape index (κ3) is 2.84. The first-order valence-corrected chi connectivity index (χ1v) is 6.54. The van der Waals surface area contributed by atoms with Gasteiger partial charge in [-0.1, -0.05) is 36.4 Å². The fraction of sp³-hybridized carbons (Fsp3) is 0. The van der Waals surface area contributed by atoms with Crippen molar-refractivity contribution >= 4 is 28.6 Å². The second-order valence-corrected chi connectivity index (χ2v) is 4.60. The number of para-hydroxylation sites is 2. The Morgan fingerprint density at radius 2 is 1.76 bits per heavy atom. The molecule has 0 saturated carbocycles. The van der Waals surface area contributed by atoms with Crippen LogP contribution >= 0.6 is 0 Å². The molecule has 0 radical (unpaired) electrons. The van der Waals surface area contributed by atoms with E-state index in [0.717, 1.165) is 10.9 Å². The Balaban J connectivity index is 1.84. The molecule has 0 atom stereocenters. The summed E-state index contributed by atoms with van der Waals surface area (Å²) in [6.07, 6.45) is 2.91. The molecule has 1 heterocycles. The van der Waals surface area contributed by atoms with Gasteiger partial charge in [0.1, 0.15) is 0 Å². The van der Waals surface area contributed by atoms with Crippen molar-refractivity contribution in [3.63, 3.8) is 0 Å². The smallest absolute Gasteiger partial charge is 0.284 e. The minimum atomic E-state index is -0.830. The van der Waals surface area contributed by atoms with E-state index < -0.39 is 11.7 Å². The molecule has 3 aromatic rings. The minimum Gasteiger partial charge on any atom is -0.361 e. The van der Waals surface area contributed by atoms with E-state index in [1.165, 1.54) is 6.08 Å². The van der Waals surface area contributed by atoms with Gasteiger partial charge < -0.3 is 10.3 Å². The minimum absolute atomic E-state index is 0.560. The van der Waals surface area contributed by atoms with Crippen molar-refractivity contribution in [3.05, 3.63) is 72.2 Å². The molecule has 0 aliphatic carbocycles. The molecular formula is C17H13FN2O. The summed E-state index contributed by atoms with van der Waals surface area (Å²) in [5, 5.41) is 3.38. The number of nitrogens with one attached hydrogen (secondary N) is 2. The number of carbonyl (C=O) groups excluding carboxylic acids is 1. The average Bonchev–Trinajstić information content (AvgIpc) is 2.91. The number of aromatic nitrogens is 1. The van der Waals surface area contributed by atoms with Gasteiger partial charge in [-0.05, 0) is 24.3 Å². The molecule has 3 rings (SSSR count). The maximum atomic E-state index is 14.0. The van der Waals surface area contributed by atoms with Crippen LogP contribution in [0.2, 0.25) is 0 Å². The number of aromatic amines is 1. The lowest BCUT2D eigenvalue weighted by Gasteiger charge is -2.02. The Bertz CT molecular complexity index is 806. The van der Waals surface area contributed by atoms with Gasteiger partial charge in [0.2, 0.25) is 0 Å². The number of carbonyl (C=O) groups is 1. The highest BCUT2D eigenvalue weighted by atomic mass is 19.1. The molecule has 2 aromatic carbocycles. The largest absolute Gasteiger partial charge is 0.361 e. The number of rotatable bonds is 3. The third-order valence-electron chi connectivity index (χ3n) is 3.15. The number of halogens is 1. The molecule has 3 nitrogen and oxygen atoms in total.